The summed E-state index contributed by atoms with van der Waals surface area (Å²) in [6.45, 7) is 3.12. The van der Waals surface area contributed by atoms with Gasteiger partial charge in [-0.15, -0.1) is 0 Å². The predicted octanol–water partition coefficient (Wildman–Crippen LogP) is 1.37. The molecule has 1 aliphatic rings. The zero-order valence-corrected chi connectivity index (χ0v) is 11.0. The monoisotopic (exact) mass is 237 g/mol. The van der Waals surface area contributed by atoms with E-state index in [-0.39, 0.29) is 0 Å². The van der Waals surface area contributed by atoms with Crippen LogP contribution in [0.1, 0.15) is 25.3 Å². The number of hydrogen-bond donors (Lipinski definition) is 1. The van der Waals surface area contributed by atoms with E-state index in [2.05, 4.69) is 23.5 Å². The van der Waals surface area contributed by atoms with Crippen LogP contribution in [0.15, 0.2) is 12.4 Å². The van der Waals surface area contributed by atoms with Gasteiger partial charge in [-0.2, -0.15) is 5.10 Å². The molecular formula is C13H23N3O. The van der Waals surface area contributed by atoms with Crippen molar-refractivity contribution in [3.05, 3.63) is 18.0 Å². The van der Waals surface area contributed by atoms with Gasteiger partial charge in [-0.05, 0) is 31.9 Å². The third kappa shape index (κ3) is 2.87. The first-order chi connectivity index (χ1) is 8.24. The van der Waals surface area contributed by atoms with E-state index in [4.69, 9.17) is 4.74 Å². The first kappa shape index (κ1) is 12.6. The number of hydrogen-bond acceptors (Lipinski definition) is 3. The summed E-state index contributed by atoms with van der Waals surface area (Å²) in [4.78, 5) is 0. The molecular weight excluding hydrogens is 214 g/mol. The molecule has 0 radical (unpaired) electrons. The Hall–Kier alpha value is -0.870. The lowest BCUT2D eigenvalue weighted by Crippen LogP contribution is -2.39. The molecule has 1 N–H and O–H groups in total. The van der Waals surface area contributed by atoms with Gasteiger partial charge in [0.25, 0.3) is 0 Å². The molecule has 3 unspecified atom stereocenters. The lowest BCUT2D eigenvalue weighted by Gasteiger charge is -2.26. The highest BCUT2D eigenvalue weighted by atomic mass is 16.5. The van der Waals surface area contributed by atoms with Gasteiger partial charge in [0.2, 0.25) is 0 Å². The van der Waals surface area contributed by atoms with Crippen LogP contribution in [0.25, 0.3) is 0 Å². The third-order valence-electron chi connectivity index (χ3n) is 3.76. The molecule has 0 bridgehead atoms. The maximum Gasteiger partial charge on any atom is 0.0616 e. The van der Waals surface area contributed by atoms with E-state index in [1.54, 1.807) is 0 Å². The van der Waals surface area contributed by atoms with Crippen molar-refractivity contribution < 1.29 is 4.74 Å². The summed E-state index contributed by atoms with van der Waals surface area (Å²) in [7, 11) is 4.01. The van der Waals surface area contributed by atoms with Crippen molar-refractivity contribution in [2.45, 2.75) is 38.3 Å². The molecule has 2 heterocycles. The Bertz CT molecular complexity index is 350. The lowest BCUT2D eigenvalue weighted by molar-refractivity contribution is 0.0783. The van der Waals surface area contributed by atoms with Crippen LogP contribution in [0.5, 0.6) is 0 Å². The molecule has 1 aliphatic heterocycles. The zero-order valence-electron chi connectivity index (χ0n) is 11.0. The van der Waals surface area contributed by atoms with E-state index in [1.807, 2.05) is 25.0 Å². The van der Waals surface area contributed by atoms with Crippen LogP contribution >= 0.6 is 0 Å². The Balaban J connectivity index is 2.00. The van der Waals surface area contributed by atoms with Crippen molar-refractivity contribution in [2.24, 2.45) is 13.0 Å². The van der Waals surface area contributed by atoms with Gasteiger partial charge >= 0.3 is 0 Å². The second-order valence-corrected chi connectivity index (χ2v) is 4.89. The SMILES string of the molecule is CCC1OCCC1C(Cc1cnn(C)c1)NC. The molecule has 0 saturated carbocycles. The van der Waals surface area contributed by atoms with Crippen LogP contribution in [-0.4, -0.2) is 35.6 Å². The second kappa shape index (κ2) is 5.65. The summed E-state index contributed by atoms with van der Waals surface area (Å²) in [6.07, 6.45) is 7.79. The average Bonchev–Trinajstić information content (AvgIpc) is 2.94. The predicted molar refractivity (Wildman–Crippen MR) is 67.9 cm³/mol. The van der Waals surface area contributed by atoms with Crippen molar-refractivity contribution >= 4 is 0 Å². The fourth-order valence-electron chi connectivity index (χ4n) is 2.84. The minimum atomic E-state index is 0.420. The van der Waals surface area contributed by atoms with Crippen LogP contribution in [0, 0.1) is 5.92 Å². The summed E-state index contributed by atoms with van der Waals surface area (Å²) in [5, 5.41) is 7.68. The highest BCUT2D eigenvalue weighted by Gasteiger charge is 2.32. The molecule has 1 fully saturated rings. The zero-order chi connectivity index (χ0) is 12.3. The molecule has 96 valence electrons. The van der Waals surface area contributed by atoms with Gasteiger partial charge in [-0.1, -0.05) is 6.92 Å². The second-order valence-electron chi connectivity index (χ2n) is 4.89. The molecule has 1 aromatic rings. The summed E-state index contributed by atoms with van der Waals surface area (Å²) >= 11 is 0. The highest BCUT2D eigenvalue weighted by molar-refractivity contribution is 5.07. The number of aryl methyl sites for hydroxylation is 1. The Morgan fingerprint density at radius 3 is 3.06 bits per heavy atom. The van der Waals surface area contributed by atoms with Crippen molar-refractivity contribution in [1.82, 2.24) is 15.1 Å². The molecule has 4 heteroatoms. The number of rotatable bonds is 5. The fraction of sp³-hybridized carbons (Fsp3) is 0.769. The van der Waals surface area contributed by atoms with Gasteiger partial charge in [0.1, 0.15) is 0 Å². The van der Waals surface area contributed by atoms with Gasteiger partial charge in [-0.3, -0.25) is 4.68 Å². The van der Waals surface area contributed by atoms with E-state index in [0.717, 1.165) is 19.4 Å². The number of aromatic nitrogens is 2. The van der Waals surface area contributed by atoms with Crippen molar-refractivity contribution in [3.8, 4) is 0 Å². The summed E-state index contributed by atoms with van der Waals surface area (Å²) in [5.74, 6) is 0.630. The van der Waals surface area contributed by atoms with E-state index in [0.29, 0.717) is 18.1 Å². The van der Waals surface area contributed by atoms with Crippen molar-refractivity contribution in [1.29, 1.82) is 0 Å². The maximum absolute atomic E-state index is 5.78. The molecule has 3 atom stereocenters. The van der Waals surface area contributed by atoms with Crippen molar-refractivity contribution in [2.75, 3.05) is 13.7 Å². The average molecular weight is 237 g/mol. The van der Waals surface area contributed by atoms with Gasteiger partial charge < -0.3 is 10.1 Å². The molecule has 4 nitrogen and oxygen atoms in total. The van der Waals surface area contributed by atoms with E-state index in [1.165, 1.54) is 12.0 Å². The van der Waals surface area contributed by atoms with Crippen molar-refractivity contribution in [3.63, 3.8) is 0 Å². The molecule has 1 saturated heterocycles. The summed E-state index contributed by atoms with van der Waals surface area (Å²) in [6, 6.07) is 0.492. The topological polar surface area (TPSA) is 39.1 Å². The minimum Gasteiger partial charge on any atom is -0.378 e. The summed E-state index contributed by atoms with van der Waals surface area (Å²) in [5.41, 5.74) is 1.30. The Morgan fingerprint density at radius 2 is 2.47 bits per heavy atom. The van der Waals surface area contributed by atoms with E-state index in [9.17, 15) is 0 Å². The highest BCUT2D eigenvalue weighted by Crippen LogP contribution is 2.27. The Kier molecular flexibility index (Phi) is 4.18. The molecule has 0 aliphatic carbocycles. The Morgan fingerprint density at radius 1 is 1.65 bits per heavy atom. The number of nitrogens with one attached hydrogen (secondary N) is 1. The Labute approximate surface area is 103 Å². The van der Waals surface area contributed by atoms with Crippen LogP contribution in [0.3, 0.4) is 0 Å². The fourth-order valence-corrected chi connectivity index (χ4v) is 2.84. The molecule has 0 aromatic carbocycles. The normalized spacial score (nSPS) is 26.3. The van der Waals surface area contributed by atoms with Crippen LogP contribution in [-0.2, 0) is 18.2 Å². The number of likely N-dealkylation sites (N-methyl/N-ethyl adjacent to an activating group) is 1. The van der Waals surface area contributed by atoms with Gasteiger partial charge in [0, 0.05) is 31.8 Å². The molecule has 0 amide bonds. The van der Waals surface area contributed by atoms with Gasteiger partial charge in [0.05, 0.1) is 12.3 Å². The first-order valence-corrected chi connectivity index (χ1v) is 6.51. The summed E-state index contributed by atoms with van der Waals surface area (Å²) < 4.78 is 7.65. The van der Waals surface area contributed by atoms with Gasteiger partial charge in [0.15, 0.2) is 0 Å². The molecule has 17 heavy (non-hydrogen) atoms. The number of nitrogens with zero attached hydrogens (tertiary/aromatic N) is 2. The standard InChI is InChI=1S/C13H23N3O/c1-4-13-11(5-6-17-13)12(14-2)7-10-8-15-16(3)9-10/h8-9,11-14H,4-7H2,1-3H3. The molecule has 2 rings (SSSR count). The lowest BCUT2D eigenvalue weighted by atomic mass is 9.88. The quantitative estimate of drug-likeness (QED) is 0.840. The van der Waals surface area contributed by atoms with E-state index >= 15 is 0 Å². The molecule has 1 aromatic heterocycles. The molecule has 0 spiro atoms. The van der Waals surface area contributed by atoms with Crippen LogP contribution in [0.2, 0.25) is 0 Å². The van der Waals surface area contributed by atoms with Crippen LogP contribution < -0.4 is 5.32 Å². The number of ether oxygens (including phenoxy) is 1. The minimum absolute atomic E-state index is 0.420. The third-order valence-corrected chi connectivity index (χ3v) is 3.76. The van der Waals surface area contributed by atoms with Crippen LogP contribution in [0.4, 0.5) is 0 Å². The van der Waals surface area contributed by atoms with Gasteiger partial charge in [-0.25, -0.2) is 0 Å². The maximum atomic E-state index is 5.78. The van der Waals surface area contributed by atoms with E-state index < -0.39 is 0 Å². The largest absolute Gasteiger partial charge is 0.378 e. The first-order valence-electron chi connectivity index (χ1n) is 6.51. The smallest absolute Gasteiger partial charge is 0.0616 e.